The Morgan fingerprint density at radius 2 is 1.62 bits per heavy atom. The van der Waals surface area contributed by atoms with Crippen molar-refractivity contribution in [2.24, 2.45) is 0 Å². The largest absolute Gasteiger partial charge is 0.352 e. The molecule has 154 valence electrons. The van der Waals surface area contributed by atoms with Crippen molar-refractivity contribution < 1.29 is 13.2 Å². The molecular weight excluding hydrogens is 390 g/mol. The van der Waals surface area contributed by atoms with Gasteiger partial charge in [0.1, 0.15) is 0 Å². The van der Waals surface area contributed by atoms with Gasteiger partial charge in [-0.2, -0.15) is 5.10 Å². The fraction of sp³-hybridized carbons (Fsp3) is 0.450. The number of piperazine rings is 1. The maximum Gasteiger partial charge on any atom is 0.253 e. The van der Waals surface area contributed by atoms with Crippen LogP contribution in [0, 0.1) is 0 Å². The standard InChI is InChI=1S/C20H25N5O3S/c1-23(2)29(27,28)17-7-5-16(6-8-17)20(26)25-13-11-24(12-14-25)19-10-9-18(21-22-19)15-3-4-15/h5-10,15H,3-4,11-14H2,1-2H3. The number of sulfonamides is 1. The predicted octanol–water partition coefficient (Wildman–Crippen LogP) is 1.57. The third-order valence-electron chi connectivity index (χ3n) is 5.44. The Morgan fingerprint density at radius 3 is 2.14 bits per heavy atom. The van der Waals surface area contributed by atoms with Gasteiger partial charge < -0.3 is 9.80 Å². The van der Waals surface area contributed by atoms with Gasteiger partial charge in [0.2, 0.25) is 10.0 Å². The molecule has 0 atom stereocenters. The van der Waals surface area contributed by atoms with Gasteiger partial charge in [0.15, 0.2) is 5.82 Å². The smallest absolute Gasteiger partial charge is 0.253 e. The van der Waals surface area contributed by atoms with Crippen LogP contribution < -0.4 is 4.90 Å². The highest BCUT2D eigenvalue weighted by molar-refractivity contribution is 7.89. The van der Waals surface area contributed by atoms with Crippen LogP contribution in [0.25, 0.3) is 0 Å². The molecule has 1 aromatic heterocycles. The maximum absolute atomic E-state index is 12.8. The molecular formula is C20H25N5O3S. The van der Waals surface area contributed by atoms with E-state index in [0.29, 0.717) is 37.7 Å². The van der Waals surface area contributed by atoms with E-state index in [9.17, 15) is 13.2 Å². The summed E-state index contributed by atoms with van der Waals surface area (Å²) in [4.78, 5) is 16.9. The molecule has 2 aliphatic rings. The fourth-order valence-corrected chi connectivity index (χ4v) is 4.30. The molecule has 1 saturated heterocycles. The second-order valence-corrected chi connectivity index (χ2v) is 9.83. The summed E-state index contributed by atoms with van der Waals surface area (Å²) in [5.41, 5.74) is 1.56. The predicted molar refractivity (Wildman–Crippen MR) is 109 cm³/mol. The quantitative estimate of drug-likeness (QED) is 0.737. The van der Waals surface area contributed by atoms with E-state index < -0.39 is 10.0 Å². The van der Waals surface area contributed by atoms with Crippen LogP contribution in [0.2, 0.25) is 0 Å². The van der Waals surface area contributed by atoms with E-state index in [4.69, 9.17) is 0 Å². The van der Waals surface area contributed by atoms with Gasteiger partial charge in [-0.1, -0.05) is 0 Å². The summed E-state index contributed by atoms with van der Waals surface area (Å²) in [6, 6.07) is 10.2. The number of rotatable bonds is 5. The molecule has 9 heteroatoms. The van der Waals surface area contributed by atoms with Gasteiger partial charge in [0.25, 0.3) is 5.91 Å². The Balaban J connectivity index is 1.37. The molecule has 0 N–H and O–H groups in total. The molecule has 1 aliphatic heterocycles. The minimum absolute atomic E-state index is 0.0892. The molecule has 29 heavy (non-hydrogen) atoms. The lowest BCUT2D eigenvalue weighted by atomic mass is 10.2. The maximum atomic E-state index is 12.8. The van der Waals surface area contributed by atoms with Crippen molar-refractivity contribution in [3.8, 4) is 0 Å². The summed E-state index contributed by atoms with van der Waals surface area (Å²) in [6.07, 6.45) is 2.41. The Bertz CT molecular complexity index is 978. The number of hydrogen-bond acceptors (Lipinski definition) is 6. The third kappa shape index (κ3) is 4.11. The summed E-state index contributed by atoms with van der Waals surface area (Å²) in [6.45, 7) is 2.55. The number of benzene rings is 1. The van der Waals surface area contributed by atoms with E-state index in [1.807, 2.05) is 6.07 Å². The first-order chi connectivity index (χ1) is 13.9. The molecule has 4 rings (SSSR count). The monoisotopic (exact) mass is 415 g/mol. The van der Waals surface area contributed by atoms with Crippen LogP contribution in [0.15, 0.2) is 41.3 Å². The van der Waals surface area contributed by atoms with Gasteiger partial charge in [-0.25, -0.2) is 12.7 Å². The van der Waals surface area contributed by atoms with Crippen molar-refractivity contribution in [3.05, 3.63) is 47.7 Å². The molecule has 0 unspecified atom stereocenters. The van der Waals surface area contributed by atoms with Crippen LogP contribution in [-0.4, -0.2) is 74.0 Å². The molecule has 2 heterocycles. The topological polar surface area (TPSA) is 86.7 Å². The highest BCUT2D eigenvalue weighted by Crippen LogP contribution is 2.38. The van der Waals surface area contributed by atoms with Gasteiger partial charge >= 0.3 is 0 Å². The zero-order chi connectivity index (χ0) is 20.6. The Hall–Kier alpha value is -2.52. The van der Waals surface area contributed by atoms with Crippen molar-refractivity contribution in [1.82, 2.24) is 19.4 Å². The lowest BCUT2D eigenvalue weighted by Crippen LogP contribution is -2.49. The molecule has 1 saturated carbocycles. The zero-order valence-electron chi connectivity index (χ0n) is 16.7. The number of carbonyl (C=O) groups is 1. The Kier molecular flexibility index (Phi) is 5.26. The number of amides is 1. The van der Waals surface area contributed by atoms with Crippen LogP contribution in [0.1, 0.15) is 34.8 Å². The van der Waals surface area contributed by atoms with E-state index >= 15 is 0 Å². The van der Waals surface area contributed by atoms with Gasteiger partial charge in [0, 0.05) is 51.8 Å². The van der Waals surface area contributed by atoms with Crippen LogP contribution in [0.5, 0.6) is 0 Å². The Labute approximate surface area is 171 Å². The zero-order valence-corrected chi connectivity index (χ0v) is 17.5. The number of carbonyl (C=O) groups excluding carboxylic acids is 1. The number of nitrogens with zero attached hydrogens (tertiary/aromatic N) is 5. The molecule has 2 aromatic rings. The van der Waals surface area contributed by atoms with Crippen molar-refractivity contribution in [2.45, 2.75) is 23.7 Å². The van der Waals surface area contributed by atoms with E-state index in [2.05, 4.69) is 21.2 Å². The van der Waals surface area contributed by atoms with Crippen molar-refractivity contribution in [1.29, 1.82) is 0 Å². The molecule has 0 radical (unpaired) electrons. The average Bonchev–Trinajstić information content (AvgIpc) is 3.59. The van der Waals surface area contributed by atoms with Crippen molar-refractivity contribution in [2.75, 3.05) is 45.2 Å². The molecule has 0 bridgehead atoms. The van der Waals surface area contributed by atoms with Crippen LogP contribution >= 0.6 is 0 Å². The van der Waals surface area contributed by atoms with E-state index in [-0.39, 0.29) is 10.8 Å². The highest BCUT2D eigenvalue weighted by atomic mass is 32.2. The summed E-state index contributed by atoms with van der Waals surface area (Å²) in [7, 11) is -0.530. The van der Waals surface area contributed by atoms with Crippen molar-refractivity contribution in [3.63, 3.8) is 0 Å². The first kappa shape index (κ1) is 19.8. The normalized spacial score (nSPS) is 17.6. The van der Waals surface area contributed by atoms with Crippen LogP contribution in [-0.2, 0) is 10.0 Å². The molecule has 1 amide bonds. The summed E-state index contributed by atoms with van der Waals surface area (Å²) in [5.74, 6) is 1.35. The highest BCUT2D eigenvalue weighted by Gasteiger charge is 2.27. The SMILES string of the molecule is CN(C)S(=O)(=O)c1ccc(C(=O)N2CCN(c3ccc(C4CC4)nn3)CC2)cc1. The first-order valence-electron chi connectivity index (χ1n) is 9.77. The van der Waals surface area contributed by atoms with E-state index in [0.717, 1.165) is 15.8 Å². The molecule has 0 spiro atoms. The van der Waals surface area contributed by atoms with E-state index in [1.54, 1.807) is 17.0 Å². The molecule has 8 nitrogen and oxygen atoms in total. The average molecular weight is 416 g/mol. The van der Waals surface area contributed by atoms with Crippen LogP contribution in [0.4, 0.5) is 5.82 Å². The first-order valence-corrected chi connectivity index (χ1v) is 11.2. The number of hydrogen-bond donors (Lipinski definition) is 0. The second kappa shape index (κ2) is 7.72. The minimum Gasteiger partial charge on any atom is -0.352 e. The lowest BCUT2D eigenvalue weighted by Gasteiger charge is -2.35. The minimum atomic E-state index is -3.50. The van der Waals surface area contributed by atoms with Gasteiger partial charge in [0.05, 0.1) is 10.6 Å². The third-order valence-corrected chi connectivity index (χ3v) is 7.27. The lowest BCUT2D eigenvalue weighted by molar-refractivity contribution is 0.0746. The molecule has 1 aromatic carbocycles. The number of aromatic nitrogens is 2. The van der Waals surface area contributed by atoms with Gasteiger partial charge in [-0.3, -0.25) is 4.79 Å². The molecule has 2 fully saturated rings. The van der Waals surface area contributed by atoms with Crippen molar-refractivity contribution >= 4 is 21.7 Å². The second-order valence-electron chi connectivity index (χ2n) is 7.68. The Morgan fingerprint density at radius 1 is 0.966 bits per heavy atom. The fourth-order valence-electron chi connectivity index (χ4n) is 3.40. The summed E-state index contributed by atoms with van der Waals surface area (Å²) < 4.78 is 25.5. The summed E-state index contributed by atoms with van der Waals surface area (Å²) in [5, 5.41) is 8.68. The number of anilines is 1. The van der Waals surface area contributed by atoms with Crippen LogP contribution in [0.3, 0.4) is 0 Å². The van der Waals surface area contributed by atoms with E-state index in [1.165, 1.54) is 39.1 Å². The summed E-state index contributed by atoms with van der Waals surface area (Å²) >= 11 is 0. The van der Waals surface area contributed by atoms with Gasteiger partial charge in [-0.05, 0) is 49.2 Å². The van der Waals surface area contributed by atoms with Gasteiger partial charge in [-0.15, -0.1) is 5.10 Å². The molecule has 1 aliphatic carbocycles.